The second kappa shape index (κ2) is 10.5. The topological polar surface area (TPSA) is 37.3 Å². The SMILES string of the molecule is C/C(C=O)=C\CC/C(C)=C/CCC(C)(C)[Si](O)(c1ccccc1)c1ccccc1. The number of aldehydes is 1. The molecule has 2 nitrogen and oxygen atoms in total. The Morgan fingerprint density at radius 2 is 1.41 bits per heavy atom. The zero-order valence-electron chi connectivity index (χ0n) is 18.2. The van der Waals surface area contributed by atoms with Crippen molar-refractivity contribution >= 4 is 25.0 Å². The van der Waals surface area contributed by atoms with Crippen molar-refractivity contribution in [3.05, 3.63) is 84.0 Å². The highest BCUT2D eigenvalue weighted by Gasteiger charge is 2.49. The van der Waals surface area contributed by atoms with Crippen molar-refractivity contribution in [2.24, 2.45) is 0 Å². The smallest absolute Gasteiger partial charge is 0.258 e. The summed E-state index contributed by atoms with van der Waals surface area (Å²) >= 11 is 0. The van der Waals surface area contributed by atoms with Crippen LogP contribution < -0.4 is 10.4 Å². The van der Waals surface area contributed by atoms with Crippen LogP contribution in [0.1, 0.15) is 53.4 Å². The van der Waals surface area contributed by atoms with Crippen LogP contribution in [0.2, 0.25) is 5.04 Å². The van der Waals surface area contributed by atoms with Crippen LogP contribution in [-0.2, 0) is 4.79 Å². The van der Waals surface area contributed by atoms with Crippen LogP contribution in [0.15, 0.2) is 84.0 Å². The molecule has 154 valence electrons. The lowest BCUT2D eigenvalue weighted by Crippen LogP contribution is -2.65. The molecule has 0 unspecified atom stereocenters. The molecule has 0 fully saturated rings. The molecule has 0 saturated carbocycles. The van der Waals surface area contributed by atoms with Crippen molar-refractivity contribution in [1.29, 1.82) is 0 Å². The highest BCUT2D eigenvalue weighted by molar-refractivity contribution is 6.98. The van der Waals surface area contributed by atoms with E-state index in [9.17, 15) is 9.59 Å². The summed E-state index contributed by atoms with van der Waals surface area (Å²) in [5.74, 6) is 0. The average molecular weight is 407 g/mol. The maximum atomic E-state index is 12.2. The van der Waals surface area contributed by atoms with E-state index in [4.69, 9.17) is 0 Å². The van der Waals surface area contributed by atoms with Gasteiger partial charge in [-0.3, -0.25) is 4.79 Å². The highest BCUT2D eigenvalue weighted by atomic mass is 28.4. The average Bonchev–Trinajstić information content (AvgIpc) is 2.74. The predicted octanol–water partition coefficient (Wildman–Crippen LogP) is 5.17. The molecule has 2 rings (SSSR count). The number of allylic oxidation sites excluding steroid dienone is 4. The van der Waals surface area contributed by atoms with Gasteiger partial charge < -0.3 is 4.80 Å². The molecule has 0 spiro atoms. The fourth-order valence-corrected chi connectivity index (χ4v) is 7.60. The Morgan fingerprint density at radius 3 is 1.90 bits per heavy atom. The third-order valence-electron chi connectivity index (χ3n) is 5.82. The number of rotatable bonds is 10. The van der Waals surface area contributed by atoms with Crippen LogP contribution in [0, 0.1) is 0 Å². The Labute approximate surface area is 177 Å². The lowest BCUT2D eigenvalue weighted by molar-refractivity contribution is -0.104. The number of benzene rings is 2. The van der Waals surface area contributed by atoms with Crippen molar-refractivity contribution < 1.29 is 9.59 Å². The molecule has 29 heavy (non-hydrogen) atoms. The van der Waals surface area contributed by atoms with Gasteiger partial charge in [-0.05, 0) is 60.5 Å². The van der Waals surface area contributed by atoms with Crippen molar-refractivity contribution in [2.45, 2.75) is 58.4 Å². The molecular formula is C26H34O2Si. The summed E-state index contributed by atoms with van der Waals surface area (Å²) in [6, 6.07) is 20.4. The summed E-state index contributed by atoms with van der Waals surface area (Å²) < 4.78 is 0. The number of carbonyl (C=O) groups excluding carboxylic acids is 1. The Kier molecular flexibility index (Phi) is 8.36. The third kappa shape index (κ3) is 5.88. The lowest BCUT2D eigenvalue weighted by Gasteiger charge is -2.41. The Morgan fingerprint density at radius 1 is 0.897 bits per heavy atom. The molecule has 0 heterocycles. The normalized spacial score (nSPS) is 13.4. The zero-order chi connectivity index (χ0) is 21.3. The summed E-state index contributed by atoms with van der Waals surface area (Å²) in [5, 5.41) is 1.90. The van der Waals surface area contributed by atoms with Gasteiger partial charge in [-0.25, -0.2) is 0 Å². The largest absolute Gasteiger partial charge is 0.424 e. The zero-order valence-corrected chi connectivity index (χ0v) is 19.2. The van der Waals surface area contributed by atoms with Crippen LogP contribution in [0.5, 0.6) is 0 Å². The number of hydrogen-bond donors (Lipinski definition) is 1. The standard InChI is InChI=1S/C26H34O2Si/c1-22(13-11-14-23(2)21-27)15-12-20-26(3,4)29(28,24-16-7-5-8-17-24)25-18-9-6-10-19-25/h5-10,14-19,21,28H,11-13,20H2,1-4H3/b22-15+,23-14+. The maximum Gasteiger partial charge on any atom is 0.258 e. The van der Waals surface area contributed by atoms with Gasteiger partial charge in [0.1, 0.15) is 6.29 Å². The molecule has 0 saturated heterocycles. The molecule has 0 atom stereocenters. The quantitative estimate of drug-likeness (QED) is 0.256. The molecule has 0 aliphatic rings. The molecule has 2 aromatic rings. The van der Waals surface area contributed by atoms with Gasteiger partial charge in [-0.2, -0.15) is 0 Å². The van der Waals surface area contributed by atoms with E-state index < -0.39 is 8.32 Å². The van der Waals surface area contributed by atoms with Gasteiger partial charge in [0.2, 0.25) is 0 Å². The summed E-state index contributed by atoms with van der Waals surface area (Å²) in [4.78, 5) is 22.8. The van der Waals surface area contributed by atoms with Gasteiger partial charge >= 0.3 is 0 Å². The predicted molar refractivity (Wildman–Crippen MR) is 126 cm³/mol. The first-order chi connectivity index (χ1) is 13.8. The van der Waals surface area contributed by atoms with Gasteiger partial charge in [0.15, 0.2) is 0 Å². The second-order valence-corrected chi connectivity index (χ2v) is 12.4. The summed E-state index contributed by atoms with van der Waals surface area (Å²) in [6.45, 7) is 8.40. The lowest BCUT2D eigenvalue weighted by atomic mass is 10.0. The summed E-state index contributed by atoms with van der Waals surface area (Å²) in [6.07, 6.45) is 8.89. The van der Waals surface area contributed by atoms with Gasteiger partial charge in [0, 0.05) is 0 Å². The molecule has 2 aromatic carbocycles. The van der Waals surface area contributed by atoms with E-state index in [1.807, 2.05) is 49.4 Å². The van der Waals surface area contributed by atoms with Gasteiger partial charge in [-0.1, -0.05) is 92.2 Å². The van der Waals surface area contributed by atoms with Crippen molar-refractivity contribution in [3.8, 4) is 0 Å². The van der Waals surface area contributed by atoms with E-state index in [1.165, 1.54) is 5.57 Å². The Hall–Kier alpha value is -2.23. The number of carbonyl (C=O) groups is 1. The first kappa shape index (κ1) is 23.0. The van der Waals surface area contributed by atoms with E-state index in [0.29, 0.717) is 0 Å². The molecule has 0 amide bonds. The van der Waals surface area contributed by atoms with Crippen molar-refractivity contribution in [2.75, 3.05) is 0 Å². The fourth-order valence-electron chi connectivity index (χ4n) is 3.84. The van der Waals surface area contributed by atoms with Crippen LogP contribution in [-0.4, -0.2) is 19.4 Å². The monoisotopic (exact) mass is 406 g/mol. The van der Waals surface area contributed by atoms with Gasteiger partial charge in [0.25, 0.3) is 8.32 Å². The van der Waals surface area contributed by atoms with Crippen LogP contribution in [0.4, 0.5) is 0 Å². The van der Waals surface area contributed by atoms with Gasteiger partial charge in [0.05, 0.1) is 0 Å². The fraction of sp³-hybridized carbons (Fsp3) is 0.346. The molecule has 0 radical (unpaired) electrons. The van der Waals surface area contributed by atoms with E-state index in [0.717, 1.165) is 47.9 Å². The molecule has 0 aliphatic heterocycles. The molecule has 1 N–H and O–H groups in total. The Balaban J connectivity index is 2.19. The van der Waals surface area contributed by atoms with E-state index in [-0.39, 0.29) is 5.04 Å². The maximum absolute atomic E-state index is 12.2. The second-order valence-electron chi connectivity index (χ2n) is 8.52. The first-order valence-corrected chi connectivity index (χ1v) is 12.4. The van der Waals surface area contributed by atoms with Gasteiger partial charge in [-0.15, -0.1) is 0 Å². The number of hydrogen-bond acceptors (Lipinski definition) is 2. The van der Waals surface area contributed by atoms with Crippen LogP contribution >= 0.6 is 0 Å². The van der Waals surface area contributed by atoms with Crippen molar-refractivity contribution in [3.63, 3.8) is 0 Å². The Bertz CT molecular complexity index is 796. The highest BCUT2D eigenvalue weighted by Crippen LogP contribution is 2.40. The van der Waals surface area contributed by atoms with E-state index in [1.54, 1.807) is 0 Å². The molecule has 0 aromatic heterocycles. The summed E-state index contributed by atoms with van der Waals surface area (Å²) in [7, 11) is -2.92. The molecule has 3 heteroatoms. The van der Waals surface area contributed by atoms with Crippen molar-refractivity contribution in [1.82, 2.24) is 0 Å². The molecule has 0 aliphatic carbocycles. The van der Waals surface area contributed by atoms with Crippen LogP contribution in [0.3, 0.4) is 0 Å². The minimum Gasteiger partial charge on any atom is -0.424 e. The van der Waals surface area contributed by atoms with E-state index in [2.05, 4.69) is 51.1 Å². The molecular weight excluding hydrogens is 372 g/mol. The minimum atomic E-state index is -2.92. The first-order valence-electron chi connectivity index (χ1n) is 10.4. The minimum absolute atomic E-state index is 0.222. The summed E-state index contributed by atoms with van der Waals surface area (Å²) in [5.41, 5.74) is 2.13. The van der Waals surface area contributed by atoms with E-state index >= 15 is 0 Å². The third-order valence-corrected chi connectivity index (χ3v) is 10.4. The molecule has 0 bridgehead atoms. The van der Waals surface area contributed by atoms with Crippen LogP contribution in [0.25, 0.3) is 0 Å².